The number of nitrogens with one attached hydrogen (secondary N) is 1. The van der Waals surface area contributed by atoms with Crippen LogP contribution in [0.3, 0.4) is 0 Å². The van der Waals surface area contributed by atoms with Crippen LogP contribution in [-0.2, 0) is 17.6 Å². The Morgan fingerprint density at radius 2 is 2.13 bits per heavy atom. The third-order valence-corrected chi connectivity index (χ3v) is 6.54. The second-order valence-electron chi connectivity index (χ2n) is 6.33. The maximum atomic E-state index is 12.1. The van der Waals surface area contributed by atoms with E-state index in [1.54, 1.807) is 11.3 Å². The number of nitrogen functional groups attached to an aromatic ring is 1. The van der Waals surface area contributed by atoms with Crippen LogP contribution in [0.5, 0.6) is 0 Å². The van der Waals surface area contributed by atoms with Gasteiger partial charge < -0.3 is 11.1 Å². The van der Waals surface area contributed by atoms with Crippen molar-refractivity contribution in [2.45, 2.75) is 61.9 Å². The summed E-state index contributed by atoms with van der Waals surface area (Å²) in [4.78, 5) is 23.6. The smallest absolute Gasteiger partial charge is 0.233 e. The van der Waals surface area contributed by atoms with Crippen molar-refractivity contribution in [1.29, 1.82) is 0 Å². The summed E-state index contributed by atoms with van der Waals surface area (Å²) < 4.78 is 0. The predicted molar refractivity (Wildman–Crippen MR) is 95.0 cm³/mol. The lowest BCUT2D eigenvalue weighted by atomic mass is 9.97. The Kier molecular flexibility index (Phi) is 3.93. The molecule has 0 unspecified atom stereocenters. The molecule has 2 aliphatic rings. The molecule has 1 atom stereocenters. The first kappa shape index (κ1) is 15.2. The molecule has 5 nitrogen and oxygen atoms in total. The van der Waals surface area contributed by atoms with Crippen molar-refractivity contribution >= 4 is 45.0 Å². The molecule has 0 radical (unpaired) electrons. The van der Waals surface area contributed by atoms with E-state index in [0.29, 0.717) is 17.0 Å². The molecule has 122 valence electrons. The Bertz CT molecular complexity index is 769. The number of carbonyl (C=O) groups is 1. The van der Waals surface area contributed by atoms with E-state index in [2.05, 4.69) is 15.3 Å². The number of anilines is 1. The van der Waals surface area contributed by atoms with E-state index in [1.165, 1.54) is 35.0 Å². The molecule has 1 fully saturated rings. The number of thioether (sulfide) groups is 1. The Hall–Kier alpha value is -1.34. The summed E-state index contributed by atoms with van der Waals surface area (Å²) in [7, 11) is 0. The molecule has 1 saturated carbocycles. The first-order chi connectivity index (χ1) is 11.1. The molecule has 0 bridgehead atoms. The minimum Gasteiger partial charge on any atom is -0.383 e. The van der Waals surface area contributed by atoms with Gasteiger partial charge >= 0.3 is 0 Å². The highest BCUT2D eigenvalue weighted by atomic mass is 32.2. The molecule has 3 N–H and O–H groups in total. The van der Waals surface area contributed by atoms with E-state index in [9.17, 15) is 4.79 Å². The average molecular weight is 348 g/mol. The van der Waals surface area contributed by atoms with Crippen molar-refractivity contribution in [3.8, 4) is 0 Å². The van der Waals surface area contributed by atoms with Crippen LogP contribution in [0.1, 0.15) is 43.0 Å². The van der Waals surface area contributed by atoms with Crippen molar-refractivity contribution in [1.82, 2.24) is 15.3 Å². The summed E-state index contributed by atoms with van der Waals surface area (Å²) in [5.74, 6) is 0.622. The van der Waals surface area contributed by atoms with E-state index in [-0.39, 0.29) is 11.2 Å². The van der Waals surface area contributed by atoms with E-state index in [4.69, 9.17) is 5.73 Å². The molecule has 4 rings (SSSR count). The molecule has 0 spiro atoms. The quantitative estimate of drug-likeness (QED) is 0.656. The fourth-order valence-electron chi connectivity index (χ4n) is 2.98. The van der Waals surface area contributed by atoms with Crippen LogP contribution < -0.4 is 11.1 Å². The molecule has 23 heavy (non-hydrogen) atoms. The topological polar surface area (TPSA) is 80.9 Å². The molecular formula is C16H20N4OS2. The van der Waals surface area contributed by atoms with Gasteiger partial charge in [-0.1, -0.05) is 11.8 Å². The van der Waals surface area contributed by atoms with Gasteiger partial charge in [-0.25, -0.2) is 9.97 Å². The van der Waals surface area contributed by atoms with Gasteiger partial charge in [0.25, 0.3) is 0 Å². The number of aryl methyl sites for hydroxylation is 2. The summed E-state index contributed by atoms with van der Waals surface area (Å²) in [5.41, 5.74) is 7.56. The predicted octanol–water partition coefficient (Wildman–Crippen LogP) is 2.91. The summed E-state index contributed by atoms with van der Waals surface area (Å²) >= 11 is 3.13. The number of amides is 1. The van der Waals surface area contributed by atoms with Gasteiger partial charge in [-0.15, -0.1) is 11.3 Å². The van der Waals surface area contributed by atoms with Crippen LogP contribution >= 0.6 is 23.1 Å². The molecule has 2 aromatic heterocycles. The fourth-order valence-corrected chi connectivity index (χ4v) is 5.09. The largest absolute Gasteiger partial charge is 0.383 e. The highest BCUT2D eigenvalue weighted by Gasteiger charge is 2.27. The standard InChI is InChI=1S/C16H20N4OS2/c1-8(14(21)18-9-6-7-9)22-16-19-13(17)12-10-4-2-3-5-11(10)23-15(12)20-16/h8-9H,2-7H2,1H3,(H,18,21)(H2,17,19,20)/t8-/m1/s1. The first-order valence-corrected chi connectivity index (χ1v) is 9.86. The van der Waals surface area contributed by atoms with Crippen LogP contribution in [0.4, 0.5) is 5.82 Å². The van der Waals surface area contributed by atoms with Gasteiger partial charge in [-0.3, -0.25) is 4.79 Å². The molecule has 2 heterocycles. The maximum absolute atomic E-state index is 12.1. The van der Waals surface area contributed by atoms with Gasteiger partial charge in [0, 0.05) is 10.9 Å². The lowest BCUT2D eigenvalue weighted by Crippen LogP contribution is -2.32. The Morgan fingerprint density at radius 1 is 1.35 bits per heavy atom. The number of hydrogen-bond donors (Lipinski definition) is 2. The monoisotopic (exact) mass is 348 g/mol. The Labute approximate surface area is 143 Å². The number of thiophene rings is 1. The van der Waals surface area contributed by atoms with Crippen LogP contribution in [0.2, 0.25) is 0 Å². The molecule has 7 heteroatoms. The van der Waals surface area contributed by atoms with Gasteiger partial charge in [0.15, 0.2) is 5.16 Å². The van der Waals surface area contributed by atoms with Crippen LogP contribution in [0, 0.1) is 0 Å². The zero-order valence-corrected chi connectivity index (χ0v) is 14.7. The molecule has 0 saturated heterocycles. The number of fused-ring (bicyclic) bond motifs is 3. The Morgan fingerprint density at radius 3 is 2.91 bits per heavy atom. The molecule has 2 aromatic rings. The number of aromatic nitrogens is 2. The number of hydrogen-bond acceptors (Lipinski definition) is 6. The molecule has 1 amide bonds. The number of carbonyl (C=O) groups excluding carboxylic acids is 1. The van der Waals surface area contributed by atoms with E-state index in [0.717, 1.165) is 35.9 Å². The van der Waals surface area contributed by atoms with E-state index < -0.39 is 0 Å². The molecule has 0 aliphatic heterocycles. The highest BCUT2D eigenvalue weighted by Crippen LogP contribution is 2.38. The highest BCUT2D eigenvalue weighted by molar-refractivity contribution is 8.00. The van der Waals surface area contributed by atoms with Crippen molar-refractivity contribution < 1.29 is 4.79 Å². The number of rotatable bonds is 4. The van der Waals surface area contributed by atoms with Crippen molar-refractivity contribution in [3.05, 3.63) is 10.4 Å². The molecule has 2 aliphatic carbocycles. The SMILES string of the molecule is C[C@@H](Sc1nc(N)c2c3c(sc2n1)CCCC3)C(=O)NC1CC1. The van der Waals surface area contributed by atoms with Gasteiger partial charge in [0.05, 0.1) is 10.6 Å². The molecular weight excluding hydrogens is 328 g/mol. The zero-order valence-electron chi connectivity index (χ0n) is 13.1. The summed E-state index contributed by atoms with van der Waals surface area (Å²) in [6.45, 7) is 1.89. The lowest BCUT2D eigenvalue weighted by Gasteiger charge is -2.12. The van der Waals surface area contributed by atoms with Gasteiger partial charge in [-0.05, 0) is 51.0 Å². The second-order valence-corrected chi connectivity index (χ2v) is 8.72. The lowest BCUT2D eigenvalue weighted by molar-refractivity contribution is -0.120. The Balaban J connectivity index is 1.59. The summed E-state index contributed by atoms with van der Waals surface area (Å²) in [5, 5.41) is 4.46. The van der Waals surface area contributed by atoms with Crippen LogP contribution in [-0.4, -0.2) is 27.2 Å². The minimum absolute atomic E-state index is 0.0604. The minimum atomic E-state index is -0.206. The first-order valence-electron chi connectivity index (χ1n) is 8.16. The normalized spacial score (nSPS) is 18.7. The third kappa shape index (κ3) is 3.04. The fraction of sp³-hybridized carbons (Fsp3) is 0.562. The zero-order chi connectivity index (χ0) is 16.0. The average Bonchev–Trinajstić information content (AvgIpc) is 3.24. The number of nitrogens with zero attached hydrogens (tertiary/aromatic N) is 2. The summed E-state index contributed by atoms with van der Waals surface area (Å²) in [6.07, 6.45) is 6.85. The van der Waals surface area contributed by atoms with Gasteiger partial charge in [0.2, 0.25) is 5.91 Å². The third-order valence-electron chi connectivity index (χ3n) is 4.40. The second kappa shape index (κ2) is 5.94. The van der Waals surface area contributed by atoms with Gasteiger partial charge in [-0.2, -0.15) is 0 Å². The van der Waals surface area contributed by atoms with Crippen molar-refractivity contribution in [2.24, 2.45) is 0 Å². The van der Waals surface area contributed by atoms with Crippen molar-refractivity contribution in [3.63, 3.8) is 0 Å². The van der Waals surface area contributed by atoms with E-state index in [1.807, 2.05) is 6.92 Å². The van der Waals surface area contributed by atoms with Crippen molar-refractivity contribution in [2.75, 3.05) is 5.73 Å². The van der Waals surface area contributed by atoms with Gasteiger partial charge in [0.1, 0.15) is 10.6 Å². The number of nitrogens with two attached hydrogens (primary N) is 1. The van der Waals surface area contributed by atoms with Crippen LogP contribution in [0.15, 0.2) is 5.16 Å². The van der Waals surface area contributed by atoms with Crippen LogP contribution in [0.25, 0.3) is 10.2 Å². The molecule has 0 aromatic carbocycles. The maximum Gasteiger partial charge on any atom is 0.233 e. The van der Waals surface area contributed by atoms with E-state index >= 15 is 0 Å². The summed E-state index contributed by atoms with van der Waals surface area (Å²) in [6, 6.07) is 0.378.